The summed E-state index contributed by atoms with van der Waals surface area (Å²) < 4.78 is 6.57. The lowest BCUT2D eigenvalue weighted by atomic mass is 9.96. The molecule has 0 aliphatic carbocycles. The Balaban J connectivity index is 1.76. The Kier molecular flexibility index (Phi) is 4.73. The van der Waals surface area contributed by atoms with Crippen molar-refractivity contribution in [2.75, 3.05) is 6.54 Å². The summed E-state index contributed by atoms with van der Waals surface area (Å²) in [6, 6.07) is 7.25. The first-order chi connectivity index (χ1) is 11.7. The maximum atomic E-state index is 12.4. The fourth-order valence-corrected chi connectivity index (χ4v) is 4.29. The highest BCUT2D eigenvalue weighted by Gasteiger charge is 2.38. The molecule has 2 aromatic rings. The van der Waals surface area contributed by atoms with Crippen LogP contribution in [0, 0.1) is 5.92 Å². The van der Waals surface area contributed by atoms with Crippen molar-refractivity contribution < 1.29 is 19.4 Å². The van der Waals surface area contributed by atoms with E-state index in [2.05, 4.69) is 17.5 Å². The molecule has 5 nitrogen and oxygen atoms in total. The van der Waals surface area contributed by atoms with Crippen LogP contribution >= 0.6 is 11.3 Å². The van der Waals surface area contributed by atoms with E-state index in [1.807, 2.05) is 12.1 Å². The van der Waals surface area contributed by atoms with Crippen LogP contribution in [0.4, 0.5) is 4.79 Å². The van der Waals surface area contributed by atoms with E-state index in [-0.39, 0.29) is 5.92 Å². The number of amides is 1. The Bertz CT molecular complexity index is 792. The van der Waals surface area contributed by atoms with Crippen molar-refractivity contribution >= 4 is 33.5 Å². The van der Waals surface area contributed by atoms with E-state index >= 15 is 0 Å². The summed E-state index contributed by atoms with van der Waals surface area (Å²) in [5.41, 5.74) is 0.545. The van der Waals surface area contributed by atoms with Gasteiger partial charge in [-0.15, -0.1) is 11.3 Å². The van der Waals surface area contributed by atoms with Gasteiger partial charge in [0.15, 0.2) is 0 Å². The van der Waals surface area contributed by atoms with Crippen molar-refractivity contribution in [2.45, 2.75) is 45.3 Å². The van der Waals surface area contributed by atoms with E-state index in [0.29, 0.717) is 13.0 Å². The second kappa shape index (κ2) is 6.67. The predicted molar refractivity (Wildman–Crippen MR) is 95.4 cm³/mol. The van der Waals surface area contributed by atoms with Crippen molar-refractivity contribution in [3.63, 3.8) is 0 Å². The fourth-order valence-electron chi connectivity index (χ4n) is 3.32. The van der Waals surface area contributed by atoms with Crippen LogP contribution in [0.25, 0.3) is 10.1 Å². The molecule has 2 atom stereocenters. The van der Waals surface area contributed by atoms with Crippen LogP contribution in [0.2, 0.25) is 0 Å². The number of carbonyl (C=O) groups excluding carboxylic acids is 2. The van der Waals surface area contributed by atoms with Gasteiger partial charge in [-0.25, -0.2) is 4.79 Å². The normalized spacial score (nSPS) is 20.8. The van der Waals surface area contributed by atoms with Gasteiger partial charge >= 0.3 is 6.09 Å². The number of carbonyl (C=O) groups is 2. The third kappa shape index (κ3) is 3.95. The summed E-state index contributed by atoms with van der Waals surface area (Å²) >= 11 is 1.69. The molecule has 3 rings (SSSR count). The number of fused-ring (bicyclic) bond motifs is 1. The molecular formula is C19H22NO4S-. The average molecular weight is 360 g/mol. The van der Waals surface area contributed by atoms with Gasteiger partial charge in [-0.05, 0) is 61.9 Å². The van der Waals surface area contributed by atoms with Gasteiger partial charge in [0.05, 0.1) is 12.0 Å². The van der Waals surface area contributed by atoms with E-state index in [9.17, 15) is 14.7 Å². The largest absolute Gasteiger partial charge is 0.548 e. The number of hydrogen-bond donors (Lipinski definition) is 0. The van der Waals surface area contributed by atoms with Crippen LogP contribution in [-0.2, 0) is 16.0 Å². The molecule has 6 heteroatoms. The molecule has 1 aliphatic heterocycles. The first-order valence-corrected chi connectivity index (χ1v) is 9.28. The highest BCUT2D eigenvalue weighted by molar-refractivity contribution is 7.17. The van der Waals surface area contributed by atoms with Gasteiger partial charge in [0.2, 0.25) is 0 Å². The molecule has 1 fully saturated rings. The monoisotopic (exact) mass is 360 g/mol. The fraction of sp³-hybridized carbons (Fsp3) is 0.474. The van der Waals surface area contributed by atoms with E-state index in [1.54, 1.807) is 32.1 Å². The molecule has 25 heavy (non-hydrogen) atoms. The molecule has 0 bridgehead atoms. The number of hydrogen-bond acceptors (Lipinski definition) is 5. The van der Waals surface area contributed by atoms with Crippen LogP contribution in [0.1, 0.15) is 32.8 Å². The van der Waals surface area contributed by atoms with Crippen molar-refractivity contribution in [1.82, 2.24) is 4.90 Å². The highest BCUT2D eigenvalue weighted by Crippen LogP contribution is 2.32. The van der Waals surface area contributed by atoms with Gasteiger partial charge in [0, 0.05) is 11.2 Å². The SMILES string of the molecule is CC(C)(C)OC(=O)N1C[C@H](Cc2csc3ccccc23)C[C@H]1C(=O)[O-]. The minimum Gasteiger partial charge on any atom is -0.548 e. The van der Waals surface area contributed by atoms with Gasteiger partial charge in [-0.3, -0.25) is 4.90 Å². The second-order valence-corrected chi connectivity index (χ2v) is 8.44. The standard InChI is InChI=1S/C19H23NO4S/c1-19(2,3)24-18(23)20-10-12(9-15(20)17(21)22)8-13-11-25-16-7-5-4-6-14(13)16/h4-7,11-12,15H,8-10H2,1-3H3,(H,21,22)/p-1/t12-,15+/m1/s1. The van der Waals surface area contributed by atoms with Gasteiger partial charge in [-0.1, -0.05) is 18.2 Å². The average Bonchev–Trinajstić information content (AvgIpc) is 3.11. The Morgan fingerprint density at radius 3 is 2.72 bits per heavy atom. The molecule has 0 saturated carbocycles. The smallest absolute Gasteiger partial charge is 0.410 e. The van der Waals surface area contributed by atoms with E-state index < -0.39 is 23.7 Å². The Hall–Kier alpha value is -2.08. The number of nitrogens with zero attached hydrogens (tertiary/aromatic N) is 1. The molecule has 2 heterocycles. The number of carboxylic acid groups (broad SMARTS) is 1. The maximum absolute atomic E-state index is 12.4. The number of aliphatic carboxylic acids is 1. The molecule has 1 aromatic carbocycles. The summed E-state index contributed by atoms with van der Waals surface area (Å²) in [5, 5.41) is 14.8. The van der Waals surface area contributed by atoms with Gasteiger partial charge in [0.25, 0.3) is 0 Å². The summed E-state index contributed by atoms with van der Waals surface area (Å²) in [5.74, 6) is -1.14. The number of ether oxygens (including phenoxy) is 1. The number of rotatable bonds is 3. The third-order valence-electron chi connectivity index (χ3n) is 4.36. The molecule has 0 radical (unpaired) electrons. The molecule has 0 unspecified atom stereocenters. The van der Waals surface area contributed by atoms with Gasteiger partial charge in [0.1, 0.15) is 5.60 Å². The molecule has 1 aliphatic rings. The lowest BCUT2D eigenvalue weighted by molar-refractivity contribution is -0.310. The molecular weight excluding hydrogens is 338 g/mol. The molecule has 0 N–H and O–H groups in total. The van der Waals surface area contributed by atoms with Gasteiger partial charge in [-0.2, -0.15) is 0 Å². The summed E-state index contributed by atoms with van der Waals surface area (Å²) in [6.07, 6.45) is 0.554. The lowest BCUT2D eigenvalue weighted by Gasteiger charge is -2.28. The molecule has 1 saturated heterocycles. The lowest BCUT2D eigenvalue weighted by Crippen LogP contribution is -2.48. The van der Waals surface area contributed by atoms with Crippen LogP contribution in [0.15, 0.2) is 29.6 Å². The van der Waals surface area contributed by atoms with E-state index in [0.717, 1.165) is 6.42 Å². The number of thiophene rings is 1. The van der Waals surface area contributed by atoms with Crippen LogP contribution in [0.5, 0.6) is 0 Å². The first-order valence-electron chi connectivity index (χ1n) is 8.40. The minimum atomic E-state index is -1.22. The molecule has 1 aromatic heterocycles. The Morgan fingerprint density at radius 2 is 2.04 bits per heavy atom. The van der Waals surface area contributed by atoms with Crippen molar-refractivity contribution in [3.05, 3.63) is 35.2 Å². The first kappa shape index (κ1) is 17.7. The van der Waals surface area contributed by atoms with E-state index in [4.69, 9.17) is 4.74 Å². The van der Waals surface area contributed by atoms with Crippen molar-refractivity contribution in [2.24, 2.45) is 5.92 Å². The zero-order chi connectivity index (χ0) is 18.2. The van der Waals surface area contributed by atoms with Crippen LogP contribution in [-0.4, -0.2) is 35.2 Å². The number of likely N-dealkylation sites (tertiary alicyclic amines) is 1. The molecule has 1 amide bonds. The Labute approximate surface area is 151 Å². The molecule has 0 spiro atoms. The van der Waals surface area contributed by atoms with Gasteiger partial charge < -0.3 is 14.6 Å². The third-order valence-corrected chi connectivity index (χ3v) is 5.37. The van der Waals surface area contributed by atoms with E-state index in [1.165, 1.54) is 20.5 Å². The summed E-state index contributed by atoms with van der Waals surface area (Å²) in [6.45, 7) is 5.68. The minimum absolute atomic E-state index is 0.0772. The van der Waals surface area contributed by atoms with Crippen molar-refractivity contribution in [3.8, 4) is 0 Å². The number of benzene rings is 1. The van der Waals surface area contributed by atoms with Crippen LogP contribution in [0.3, 0.4) is 0 Å². The second-order valence-electron chi connectivity index (χ2n) is 7.53. The predicted octanol–water partition coefficient (Wildman–Crippen LogP) is 2.82. The highest BCUT2D eigenvalue weighted by atomic mass is 32.1. The van der Waals surface area contributed by atoms with Crippen molar-refractivity contribution in [1.29, 1.82) is 0 Å². The maximum Gasteiger partial charge on any atom is 0.410 e. The Morgan fingerprint density at radius 1 is 1.32 bits per heavy atom. The molecule has 134 valence electrons. The zero-order valence-electron chi connectivity index (χ0n) is 14.7. The summed E-state index contributed by atoms with van der Waals surface area (Å²) in [7, 11) is 0. The quantitative estimate of drug-likeness (QED) is 0.844. The summed E-state index contributed by atoms with van der Waals surface area (Å²) in [4.78, 5) is 25.1. The zero-order valence-corrected chi connectivity index (χ0v) is 15.5. The number of carboxylic acids is 1. The van der Waals surface area contributed by atoms with Crippen LogP contribution < -0.4 is 5.11 Å². The topological polar surface area (TPSA) is 69.7 Å².